The van der Waals surface area contributed by atoms with Crippen LogP contribution in [0.15, 0.2) is 79.4 Å². The van der Waals surface area contributed by atoms with E-state index < -0.39 is 0 Å². The molecule has 2 heteroatoms. The van der Waals surface area contributed by atoms with Crippen LogP contribution in [0, 0.1) is 5.92 Å². The van der Waals surface area contributed by atoms with Gasteiger partial charge in [0.25, 0.3) is 0 Å². The van der Waals surface area contributed by atoms with Crippen LogP contribution in [0.1, 0.15) is 83.4 Å². The van der Waals surface area contributed by atoms with Gasteiger partial charge in [0.2, 0.25) is 6.33 Å². The van der Waals surface area contributed by atoms with Crippen LogP contribution in [-0.4, -0.2) is 4.57 Å². The summed E-state index contributed by atoms with van der Waals surface area (Å²) in [4.78, 5) is 0. The first-order valence-electron chi connectivity index (χ1n) is 12.7. The van der Waals surface area contributed by atoms with Crippen molar-refractivity contribution in [2.45, 2.75) is 90.6 Å². The molecule has 0 fully saturated rings. The van der Waals surface area contributed by atoms with Gasteiger partial charge in [0.05, 0.1) is 6.54 Å². The summed E-state index contributed by atoms with van der Waals surface area (Å²) in [5.74, 6) is 0.513. The average Bonchev–Trinajstić information content (AvgIpc) is 3.25. The van der Waals surface area contributed by atoms with Gasteiger partial charge in [-0.05, 0) is 36.3 Å². The van der Waals surface area contributed by atoms with Crippen molar-refractivity contribution >= 4 is 0 Å². The Morgan fingerprint density at radius 1 is 0.844 bits per heavy atom. The Morgan fingerprint density at radius 2 is 1.47 bits per heavy atom. The van der Waals surface area contributed by atoms with Crippen molar-refractivity contribution < 1.29 is 4.57 Å². The van der Waals surface area contributed by atoms with E-state index in [0.29, 0.717) is 12.0 Å². The molecule has 2 atom stereocenters. The highest BCUT2D eigenvalue weighted by molar-refractivity contribution is 5.31. The number of benzene rings is 2. The molecule has 0 saturated heterocycles. The molecular weight excluding hydrogens is 388 g/mol. The molecule has 172 valence electrons. The van der Waals surface area contributed by atoms with Crippen LogP contribution in [-0.2, 0) is 18.4 Å². The summed E-state index contributed by atoms with van der Waals surface area (Å²) in [6.07, 6.45) is 16.0. The monoisotopic (exact) mass is 431 g/mol. The molecule has 0 aliphatic rings. The number of aryl methyl sites for hydroxylation is 1. The summed E-state index contributed by atoms with van der Waals surface area (Å²) >= 11 is 0. The Bertz CT molecular complexity index is 897. The molecule has 1 aromatic heterocycles. The van der Waals surface area contributed by atoms with Crippen LogP contribution in [0.3, 0.4) is 0 Å². The molecule has 2 unspecified atom stereocenters. The van der Waals surface area contributed by atoms with E-state index in [1.807, 2.05) is 0 Å². The summed E-state index contributed by atoms with van der Waals surface area (Å²) in [6.45, 7) is 10.6. The maximum absolute atomic E-state index is 2.48. The first-order chi connectivity index (χ1) is 15.5. The predicted molar refractivity (Wildman–Crippen MR) is 136 cm³/mol. The van der Waals surface area contributed by atoms with E-state index in [4.69, 9.17) is 0 Å². The second-order valence-electron chi connectivity index (χ2n) is 10.0. The second kappa shape index (κ2) is 12.0. The summed E-state index contributed by atoms with van der Waals surface area (Å²) in [5, 5.41) is 0. The molecule has 0 N–H and O–H groups in total. The lowest BCUT2D eigenvalue weighted by Crippen LogP contribution is -2.40. The molecule has 3 rings (SSSR count). The van der Waals surface area contributed by atoms with Gasteiger partial charge in [-0.25, -0.2) is 9.13 Å². The lowest BCUT2D eigenvalue weighted by Gasteiger charge is -2.38. The zero-order valence-electron chi connectivity index (χ0n) is 20.7. The average molecular weight is 432 g/mol. The topological polar surface area (TPSA) is 8.81 Å². The van der Waals surface area contributed by atoms with Crippen molar-refractivity contribution in [1.29, 1.82) is 0 Å². The number of aromatic nitrogens is 2. The smallest absolute Gasteiger partial charge is 0.237 e. The minimum atomic E-state index is -0.00617. The highest BCUT2D eigenvalue weighted by Gasteiger charge is 2.42. The molecule has 0 saturated carbocycles. The maximum atomic E-state index is 2.48. The minimum Gasteiger partial charge on any atom is -0.237 e. The molecule has 0 radical (unpaired) electrons. The van der Waals surface area contributed by atoms with Gasteiger partial charge in [0.1, 0.15) is 18.4 Å². The Hall–Kier alpha value is -2.35. The Morgan fingerprint density at radius 3 is 2.12 bits per heavy atom. The van der Waals surface area contributed by atoms with Gasteiger partial charge in [-0.3, -0.25) is 0 Å². The van der Waals surface area contributed by atoms with Crippen LogP contribution in [0.5, 0.6) is 0 Å². The van der Waals surface area contributed by atoms with E-state index in [1.165, 1.54) is 49.7 Å². The summed E-state index contributed by atoms with van der Waals surface area (Å²) in [7, 11) is 0. The first-order valence-corrected chi connectivity index (χ1v) is 12.7. The zero-order chi connectivity index (χ0) is 22.8. The molecule has 32 heavy (non-hydrogen) atoms. The van der Waals surface area contributed by atoms with Crippen LogP contribution in [0.2, 0.25) is 0 Å². The molecule has 0 bridgehead atoms. The van der Waals surface area contributed by atoms with E-state index in [-0.39, 0.29) is 5.41 Å². The molecule has 0 aliphatic heterocycles. The van der Waals surface area contributed by atoms with Crippen molar-refractivity contribution in [3.05, 3.63) is 90.5 Å². The molecule has 3 aromatic rings. The molecule has 2 aromatic carbocycles. The fourth-order valence-corrected chi connectivity index (χ4v) is 5.41. The van der Waals surface area contributed by atoms with Gasteiger partial charge in [-0.15, -0.1) is 0 Å². The van der Waals surface area contributed by atoms with Gasteiger partial charge in [0.15, 0.2) is 0 Å². The van der Waals surface area contributed by atoms with Crippen molar-refractivity contribution in [2.75, 3.05) is 0 Å². The van der Waals surface area contributed by atoms with Gasteiger partial charge in [0, 0.05) is 5.41 Å². The highest BCUT2D eigenvalue weighted by atomic mass is 15.1. The van der Waals surface area contributed by atoms with Crippen LogP contribution >= 0.6 is 0 Å². The Balaban J connectivity index is 1.83. The Labute approximate surface area is 196 Å². The van der Waals surface area contributed by atoms with Crippen molar-refractivity contribution in [3.8, 4) is 0 Å². The second-order valence-corrected chi connectivity index (χ2v) is 10.0. The normalized spacial score (nSPS) is 14.4. The molecule has 0 amide bonds. The van der Waals surface area contributed by atoms with E-state index in [1.54, 1.807) is 0 Å². The fraction of sp³-hybridized carbons (Fsp3) is 0.500. The van der Waals surface area contributed by atoms with Gasteiger partial charge in [-0.1, -0.05) is 114 Å². The standard InChI is InChI=1S/C30H43N2/c1-5-6-7-8-9-16-21-31-22-23-32(25-31)29(26(2)3)30(4,28-19-14-11-15-20-28)24-27-17-12-10-13-18-27/h10-15,17-20,22-23,25-26,29H,5-9,16,21,24H2,1-4H3/q+1. The lowest BCUT2D eigenvalue weighted by atomic mass is 9.68. The summed E-state index contributed by atoms with van der Waals surface area (Å²) in [5.41, 5.74) is 2.81. The van der Waals surface area contributed by atoms with Gasteiger partial charge >= 0.3 is 0 Å². The van der Waals surface area contributed by atoms with Crippen LogP contribution in [0.4, 0.5) is 0 Å². The number of imidazole rings is 1. The zero-order valence-corrected chi connectivity index (χ0v) is 20.7. The summed E-state index contributed by atoms with van der Waals surface area (Å²) in [6, 6.07) is 22.5. The molecule has 2 nitrogen and oxygen atoms in total. The largest absolute Gasteiger partial charge is 0.244 e. The summed E-state index contributed by atoms with van der Waals surface area (Å²) < 4.78 is 4.88. The van der Waals surface area contributed by atoms with Crippen LogP contribution < -0.4 is 4.57 Å². The third kappa shape index (κ3) is 6.34. The van der Waals surface area contributed by atoms with Gasteiger partial charge < -0.3 is 0 Å². The molecule has 0 aliphatic carbocycles. The Kier molecular flexibility index (Phi) is 9.14. The van der Waals surface area contributed by atoms with E-state index in [2.05, 4.69) is 116 Å². The van der Waals surface area contributed by atoms with Crippen LogP contribution in [0.25, 0.3) is 0 Å². The number of rotatable bonds is 13. The van der Waals surface area contributed by atoms with E-state index in [0.717, 1.165) is 13.0 Å². The number of hydrogen-bond acceptors (Lipinski definition) is 0. The molecular formula is C30H43N2+. The number of nitrogens with zero attached hydrogens (tertiary/aromatic N) is 2. The number of hydrogen-bond donors (Lipinski definition) is 0. The number of unbranched alkanes of at least 4 members (excludes halogenated alkanes) is 5. The van der Waals surface area contributed by atoms with Crippen molar-refractivity contribution in [3.63, 3.8) is 0 Å². The molecule has 0 spiro atoms. The quantitative estimate of drug-likeness (QED) is 0.195. The fourth-order valence-electron chi connectivity index (χ4n) is 5.41. The maximum Gasteiger partial charge on any atom is 0.244 e. The minimum absolute atomic E-state index is 0.00617. The van der Waals surface area contributed by atoms with Crippen molar-refractivity contribution in [1.82, 2.24) is 4.57 Å². The van der Waals surface area contributed by atoms with Gasteiger partial charge in [-0.2, -0.15) is 0 Å². The first kappa shape index (κ1) is 24.3. The van der Waals surface area contributed by atoms with E-state index in [9.17, 15) is 0 Å². The highest BCUT2D eigenvalue weighted by Crippen LogP contribution is 2.42. The lowest BCUT2D eigenvalue weighted by molar-refractivity contribution is -0.697. The van der Waals surface area contributed by atoms with E-state index >= 15 is 0 Å². The SMILES string of the molecule is CCCCCCCC[n+]1ccn(C(C(C)C)C(C)(Cc2ccccc2)c2ccccc2)c1. The predicted octanol–water partition coefficient (Wildman–Crippen LogP) is 7.53. The van der Waals surface area contributed by atoms with Crippen molar-refractivity contribution in [2.24, 2.45) is 5.92 Å². The molecule has 1 heterocycles. The third-order valence-electron chi connectivity index (χ3n) is 6.93. The third-order valence-corrected chi connectivity index (χ3v) is 6.93.